The van der Waals surface area contributed by atoms with Gasteiger partial charge in [0.1, 0.15) is 0 Å². The van der Waals surface area contributed by atoms with E-state index in [-0.39, 0.29) is 35.8 Å². The van der Waals surface area contributed by atoms with Gasteiger partial charge in [0.05, 0.1) is 10.8 Å². The minimum atomic E-state index is -3.57. The van der Waals surface area contributed by atoms with E-state index in [9.17, 15) is 13.2 Å². The van der Waals surface area contributed by atoms with E-state index >= 15 is 0 Å². The number of benzene rings is 1. The normalized spacial score (nSPS) is 17.1. The van der Waals surface area contributed by atoms with Gasteiger partial charge in [-0.3, -0.25) is 4.79 Å². The van der Waals surface area contributed by atoms with E-state index in [0.29, 0.717) is 31.0 Å². The number of hydrogen-bond donors (Lipinski definition) is 0. The van der Waals surface area contributed by atoms with E-state index in [1.165, 1.54) is 4.31 Å². The lowest BCUT2D eigenvalue weighted by Crippen LogP contribution is -2.40. The van der Waals surface area contributed by atoms with Crippen LogP contribution in [0.1, 0.15) is 76.3 Å². The first-order valence-electron chi connectivity index (χ1n) is 10.9. The Morgan fingerprint density at radius 2 is 1.84 bits per heavy atom. The van der Waals surface area contributed by atoms with Crippen molar-refractivity contribution in [2.75, 3.05) is 13.1 Å². The Labute approximate surface area is 184 Å². The molecule has 2 heterocycles. The van der Waals surface area contributed by atoms with Crippen molar-refractivity contribution in [1.29, 1.82) is 0 Å². The van der Waals surface area contributed by atoms with Crippen LogP contribution in [0.25, 0.3) is 0 Å². The molecule has 1 aliphatic heterocycles. The van der Waals surface area contributed by atoms with E-state index in [1.807, 2.05) is 19.1 Å². The van der Waals surface area contributed by atoms with Crippen molar-refractivity contribution >= 4 is 16.0 Å². The summed E-state index contributed by atoms with van der Waals surface area (Å²) in [4.78, 5) is 17.1. The van der Waals surface area contributed by atoms with Crippen molar-refractivity contribution in [3.8, 4) is 0 Å². The zero-order valence-electron chi connectivity index (χ0n) is 18.6. The molecule has 3 rings (SSSR count). The maximum Gasteiger partial charge on any atom is 0.309 e. The SMILES string of the molecule is CCCc1noc(C(C)OC(=O)C2CCN(S(=O)(=O)c3ccc(C(C)C)cc3)CC2)n1. The lowest BCUT2D eigenvalue weighted by Gasteiger charge is -2.30. The average Bonchev–Trinajstić information content (AvgIpc) is 3.23. The van der Waals surface area contributed by atoms with Crippen LogP contribution in [0.15, 0.2) is 33.7 Å². The topological polar surface area (TPSA) is 103 Å². The number of ether oxygens (including phenoxy) is 1. The van der Waals surface area contributed by atoms with Gasteiger partial charge in [-0.05, 0) is 49.8 Å². The summed E-state index contributed by atoms with van der Waals surface area (Å²) in [5, 5.41) is 3.88. The second-order valence-corrected chi connectivity index (χ2v) is 10.2. The summed E-state index contributed by atoms with van der Waals surface area (Å²) >= 11 is 0. The standard InChI is InChI=1S/C22H31N3O5S/c1-5-6-20-23-21(30-24-20)16(4)29-22(26)18-11-13-25(14-12-18)31(27,28)19-9-7-17(8-10-19)15(2)3/h7-10,15-16,18H,5-6,11-14H2,1-4H3. The van der Waals surface area contributed by atoms with Crippen molar-refractivity contribution < 1.29 is 22.5 Å². The van der Waals surface area contributed by atoms with Crippen molar-refractivity contribution in [2.45, 2.75) is 70.3 Å². The quantitative estimate of drug-likeness (QED) is 0.564. The smallest absolute Gasteiger partial charge is 0.309 e. The number of rotatable bonds is 8. The molecule has 0 spiro atoms. The van der Waals surface area contributed by atoms with Crippen molar-refractivity contribution in [3.63, 3.8) is 0 Å². The molecule has 1 saturated heterocycles. The fraction of sp³-hybridized carbons (Fsp3) is 0.591. The highest BCUT2D eigenvalue weighted by atomic mass is 32.2. The molecule has 0 aliphatic carbocycles. The van der Waals surface area contributed by atoms with Crippen LogP contribution in [0, 0.1) is 5.92 Å². The maximum absolute atomic E-state index is 12.9. The van der Waals surface area contributed by atoms with Gasteiger partial charge in [-0.15, -0.1) is 0 Å². The Bertz CT molecular complexity index is 977. The Morgan fingerprint density at radius 3 is 2.42 bits per heavy atom. The van der Waals surface area contributed by atoms with Crippen molar-refractivity contribution in [1.82, 2.24) is 14.4 Å². The molecule has 1 aromatic heterocycles. The second kappa shape index (κ2) is 9.91. The summed E-state index contributed by atoms with van der Waals surface area (Å²) < 4.78 is 38.0. The van der Waals surface area contributed by atoms with Crippen molar-refractivity contribution in [2.24, 2.45) is 5.92 Å². The Morgan fingerprint density at radius 1 is 1.19 bits per heavy atom. The minimum absolute atomic E-state index is 0.279. The monoisotopic (exact) mass is 449 g/mol. The van der Waals surface area contributed by atoms with Gasteiger partial charge in [0, 0.05) is 19.5 Å². The first kappa shape index (κ1) is 23.4. The molecule has 0 radical (unpaired) electrons. The minimum Gasteiger partial charge on any atom is -0.452 e. The third-order valence-corrected chi connectivity index (χ3v) is 7.48. The number of sulfonamides is 1. The number of esters is 1. The number of carbonyl (C=O) groups is 1. The first-order valence-corrected chi connectivity index (χ1v) is 12.3. The molecule has 8 nitrogen and oxygen atoms in total. The molecular weight excluding hydrogens is 418 g/mol. The lowest BCUT2D eigenvalue weighted by molar-refractivity contribution is -0.156. The third-order valence-electron chi connectivity index (χ3n) is 5.57. The number of nitrogens with zero attached hydrogens (tertiary/aromatic N) is 3. The Kier molecular flexibility index (Phi) is 7.48. The number of hydrogen-bond acceptors (Lipinski definition) is 7. The van der Waals surface area contributed by atoms with Crippen LogP contribution in [0.3, 0.4) is 0 Å². The molecule has 1 aliphatic rings. The van der Waals surface area contributed by atoms with E-state index in [0.717, 1.165) is 12.0 Å². The van der Waals surface area contributed by atoms with Gasteiger partial charge in [-0.25, -0.2) is 8.42 Å². The summed E-state index contributed by atoms with van der Waals surface area (Å²) in [6.07, 6.45) is 1.81. The van der Waals surface area contributed by atoms with Crippen LogP contribution < -0.4 is 0 Å². The zero-order valence-corrected chi connectivity index (χ0v) is 19.4. The predicted octanol–water partition coefficient (Wildman–Crippen LogP) is 3.85. The number of piperidine rings is 1. The van der Waals surface area contributed by atoms with Crippen molar-refractivity contribution in [3.05, 3.63) is 41.5 Å². The second-order valence-electron chi connectivity index (χ2n) is 8.28. The lowest BCUT2D eigenvalue weighted by atomic mass is 9.98. The van der Waals surface area contributed by atoms with Crippen LogP contribution in [0.5, 0.6) is 0 Å². The summed E-state index contributed by atoms with van der Waals surface area (Å²) in [5.41, 5.74) is 1.09. The molecule has 9 heteroatoms. The highest BCUT2D eigenvalue weighted by Gasteiger charge is 2.34. The largest absolute Gasteiger partial charge is 0.452 e. The maximum atomic E-state index is 12.9. The highest BCUT2D eigenvalue weighted by Crippen LogP contribution is 2.27. The van der Waals surface area contributed by atoms with E-state index in [1.54, 1.807) is 19.1 Å². The molecule has 0 N–H and O–H groups in total. The molecule has 2 aromatic rings. The van der Waals surface area contributed by atoms with Crippen LogP contribution in [0.2, 0.25) is 0 Å². The molecule has 0 saturated carbocycles. The third kappa shape index (κ3) is 5.51. The fourth-order valence-electron chi connectivity index (χ4n) is 3.58. The van der Waals surface area contributed by atoms with Crippen LogP contribution in [-0.2, 0) is 26.0 Å². The molecular formula is C22H31N3O5S. The highest BCUT2D eigenvalue weighted by molar-refractivity contribution is 7.89. The molecule has 1 atom stereocenters. The molecule has 170 valence electrons. The Balaban J connectivity index is 1.56. The van der Waals surface area contributed by atoms with Gasteiger partial charge in [0.25, 0.3) is 5.89 Å². The fourth-order valence-corrected chi connectivity index (χ4v) is 5.05. The average molecular weight is 450 g/mol. The van der Waals surface area contributed by atoms with Crippen LogP contribution in [0.4, 0.5) is 0 Å². The molecule has 1 unspecified atom stereocenters. The Hall–Kier alpha value is -2.26. The molecule has 1 aromatic carbocycles. The number of carbonyl (C=O) groups excluding carboxylic acids is 1. The van der Waals surface area contributed by atoms with Gasteiger partial charge >= 0.3 is 5.97 Å². The van der Waals surface area contributed by atoms with Crippen LogP contribution >= 0.6 is 0 Å². The molecule has 0 amide bonds. The van der Waals surface area contributed by atoms with Gasteiger partial charge in [-0.1, -0.05) is 38.1 Å². The predicted molar refractivity (Wildman–Crippen MR) is 115 cm³/mol. The molecule has 0 bridgehead atoms. The summed E-state index contributed by atoms with van der Waals surface area (Å²) in [7, 11) is -3.57. The van der Waals surface area contributed by atoms with E-state index in [4.69, 9.17) is 9.26 Å². The number of aromatic nitrogens is 2. The number of aryl methyl sites for hydroxylation is 1. The van der Waals surface area contributed by atoms with E-state index in [2.05, 4.69) is 24.0 Å². The van der Waals surface area contributed by atoms with Gasteiger partial charge in [-0.2, -0.15) is 9.29 Å². The summed E-state index contributed by atoms with van der Waals surface area (Å²) in [6, 6.07) is 7.02. The summed E-state index contributed by atoms with van der Waals surface area (Å²) in [6.45, 7) is 8.41. The zero-order chi connectivity index (χ0) is 22.6. The summed E-state index contributed by atoms with van der Waals surface area (Å²) in [5.74, 6) is 0.504. The van der Waals surface area contributed by atoms with Crippen LogP contribution in [-0.4, -0.2) is 41.9 Å². The van der Waals surface area contributed by atoms with E-state index < -0.39 is 16.1 Å². The van der Waals surface area contributed by atoms with Gasteiger partial charge in [0.2, 0.25) is 10.0 Å². The van der Waals surface area contributed by atoms with Gasteiger partial charge in [0.15, 0.2) is 11.9 Å². The first-order chi connectivity index (χ1) is 14.7. The van der Waals surface area contributed by atoms with Gasteiger partial charge < -0.3 is 9.26 Å². The molecule has 1 fully saturated rings. The molecule has 31 heavy (non-hydrogen) atoms.